The highest BCUT2D eigenvalue weighted by atomic mass is 19.4. The van der Waals surface area contributed by atoms with Gasteiger partial charge in [-0.05, 0) is 24.7 Å². The van der Waals surface area contributed by atoms with Crippen LogP contribution in [0.3, 0.4) is 0 Å². The fraction of sp³-hybridized carbons (Fsp3) is 0.667. The van der Waals surface area contributed by atoms with Gasteiger partial charge in [0.15, 0.2) is 0 Å². The SMILES string of the molecule is CCC1(CNc2cc(NN)nc(C(F)(F)F)n2)CCC1. The van der Waals surface area contributed by atoms with E-state index in [0.29, 0.717) is 6.54 Å². The zero-order chi connectivity index (χ0) is 14.8. The van der Waals surface area contributed by atoms with Gasteiger partial charge >= 0.3 is 6.18 Å². The maximum Gasteiger partial charge on any atom is 0.451 e. The lowest BCUT2D eigenvalue weighted by molar-refractivity contribution is -0.144. The van der Waals surface area contributed by atoms with E-state index in [1.165, 1.54) is 12.5 Å². The van der Waals surface area contributed by atoms with E-state index >= 15 is 0 Å². The lowest BCUT2D eigenvalue weighted by Crippen LogP contribution is -2.36. The molecule has 0 bridgehead atoms. The quantitative estimate of drug-likeness (QED) is 0.574. The summed E-state index contributed by atoms with van der Waals surface area (Å²) in [5, 5.41) is 2.98. The molecule has 1 aliphatic carbocycles. The molecule has 1 aromatic heterocycles. The molecule has 4 N–H and O–H groups in total. The van der Waals surface area contributed by atoms with Gasteiger partial charge < -0.3 is 10.7 Å². The van der Waals surface area contributed by atoms with Crippen molar-refractivity contribution in [1.29, 1.82) is 0 Å². The molecule has 5 nitrogen and oxygen atoms in total. The number of hydrogen-bond donors (Lipinski definition) is 3. The Hall–Kier alpha value is -1.57. The summed E-state index contributed by atoms with van der Waals surface area (Å²) in [6.45, 7) is 2.71. The maximum absolute atomic E-state index is 12.7. The molecule has 1 aromatic rings. The van der Waals surface area contributed by atoms with Gasteiger partial charge in [0, 0.05) is 12.6 Å². The Morgan fingerprint density at radius 2 is 1.95 bits per heavy atom. The highest BCUT2D eigenvalue weighted by Gasteiger charge is 2.37. The molecular formula is C12H18F3N5. The van der Waals surface area contributed by atoms with Crippen LogP contribution in [0, 0.1) is 5.41 Å². The van der Waals surface area contributed by atoms with E-state index in [2.05, 4.69) is 27.6 Å². The summed E-state index contributed by atoms with van der Waals surface area (Å²) in [6.07, 6.45) is -0.241. The number of nitrogen functional groups attached to an aromatic ring is 1. The number of nitrogens with zero attached hydrogens (tertiary/aromatic N) is 2. The first-order valence-electron chi connectivity index (χ1n) is 6.55. The van der Waals surface area contributed by atoms with E-state index in [1.807, 2.05) is 0 Å². The predicted molar refractivity (Wildman–Crippen MR) is 69.9 cm³/mol. The minimum absolute atomic E-state index is 0.0611. The number of hydrazine groups is 1. The Kier molecular flexibility index (Phi) is 4.03. The number of nitrogens with two attached hydrogens (primary N) is 1. The van der Waals surface area contributed by atoms with Gasteiger partial charge in [-0.25, -0.2) is 15.8 Å². The molecule has 0 aromatic carbocycles. The third-order valence-electron chi connectivity index (χ3n) is 3.94. The van der Waals surface area contributed by atoms with Crippen molar-refractivity contribution < 1.29 is 13.2 Å². The van der Waals surface area contributed by atoms with Crippen LogP contribution in [-0.2, 0) is 6.18 Å². The van der Waals surface area contributed by atoms with Crippen molar-refractivity contribution in [2.24, 2.45) is 11.3 Å². The number of nitrogens with one attached hydrogen (secondary N) is 2. The normalized spacial score (nSPS) is 17.4. The number of alkyl halides is 3. The minimum Gasteiger partial charge on any atom is -0.369 e. The van der Waals surface area contributed by atoms with Crippen LogP contribution in [-0.4, -0.2) is 16.5 Å². The molecule has 20 heavy (non-hydrogen) atoms. The fourth-order valence-corrected chi connectivity index (χ4v) is 2.35. The van der Waals surface area contributed by atoms with Crippen molar-refractivity contribution in [2.75, 3.05) is 17.3 Å². The van der Waals surface area contributed by atoms with Crippen molar-refractivity contribution in [2.45, 2.75) is 38.8 Å². The summed E-state index contributed by atoms with van der Waals surface area (Å²) in [7, 11) is 0. The highest BCUT2D eigenvalue weighted by molar-refractivity contribution is 5.47. The topological polar surface area (TPSA) is 75.9 Å². The molecule has 1 saturated carbocycles. The number of rotatable bonds is 5. The summed E-state index contributed by atoms with van der Waals surface area (Å²) in [6, 6.07) is 1.37. The summed E-state index contributed by atoms with van der Waals surface area (Å²) in [5.41, 5.74) is 2.31. The van der Waals surface area contributed by atoms with Crippen molar-refractivity contribution in [3.63, 3.8) is 0 Å². The Morgan fingerprint density at radius 3 is 2.40 bits per heavy atom. The Labute approximate surface area is 115 Å². The van der Waals surface area contributed by atoms with Gasteiger partial charge in [0.25, 0.3) is 0 Å². The van der Waals surface area contributed by atoms with E-state index < -0.39 is 12.0 Å². The molecular weight excluding hydrogens is 271 g/mol. The molecule has 0 atom stereocenters. The lowest BCUT2D eigenvalue weighted by Gasteiger charge is -2.41. The van der Waals surface area contributed by atoms with Crippen LogP contribution in [0.5, 0.6) is 0 Å². The van der Waals surface area contributed by atoms with Gasteiger partial charge in [0.1, 0.15) is 11.6 Å². The van der Waals surface area contributed by atoms with Crippen LogP contribution in [0.25, 0.3) is 0 Å². The van der Waals surface area contributed by atoms with Crippen LogP contribution < -0.4 is 16.6 Å². The fourth-order valence-electron chi connectivity index (χ4n) is 2.35. The molecule has 0 saturated heterocycles. The van der Waals surface area contributed by atoms with E-state index in [4.69, 9.17) is 5.84 Å². The van der Waals surface area contributed by atoms with Crippen molar-refractivity contribution in [1.82, 2.24) is 9.97 Å². The van der Waals surface area contributed by atoms with Crippen LogP contribution >= 0.6 is 0 Å². The van der Waals surface area contributed by atoms with Crippen LogP contribution in [0.2, 0.25) is 0 Å². The summed E-state index contributed by atoms with van der Waals surface area (Å²) in [4.78, 5) is 6.82. The van der Waals surface area contributed by atoms with Crippen LogP contribution in [0.4, 0.5) is 24.8 Å². The van der Waals surface area contributed by atoms with E-state index in [9.17, 15) is 13.2 Å². The standard InChI is InChI=1S/C12H18F3N5/c1-2-11(4-3-5-11)7-17-8-6-9(20-16)19-10(18-8)12(13,14)15/h6H,2-5,7,16H2,1H3,(H2,17,18,19,20). The number of anilines is 2. The second-order valence-electron chi connectivity index (χ2n) is 5.16. The van der Waals surface area contributed by atoms with Crippen LogP contribution in [0.1, 0.15) is 38.4 Å². The van der Waals surface area contributed by atoms with Crippen molar-refractivity contribution in [3.8, 4) is 0 Å². The van der Waals surface area contributed by atoms with Crippen molar-refractivity contribution in [3.05, 3.63) is 11.9 Å². The molecule has 0 spiro atoms. The Balaban J connectivity index is 2.14. The molecule has 0 aliphatic heterocycles. The molecule has 8 heteroatoms. The first-order valence-corrected chi connectivity index (χ1v) is 6.55. The number of aromatic nitrogens is 2. The molecule has 1 fully saturated rings. The molecule has 1 aliphatic rings. The zero-order valence-corrected chi connectivity index (χ0v) is 11.2. The second kappa shape index (κ2) is 5.43. The largest absolute Gasteiger partial charge is 0.451 e. The summed E-state index contributed by atoms with van der Waals surface area (Å²) >= 11 is 0. The molecule has 2 rings (SSSR count). The molecule has 0 unspecified atom stereocenters. The molecule has 0 radical (unpaired) electrons. The summed E-state index contributed by atoms with van der Waals surface area (Å²) < 4.78 is 38.0. The van der Waals surface area contributed by atoms with E-state index in [1.54, 1.807) is 0 Å². The van der Waals surface area contributed by atoms with Gasteiger partial charge in [-0.3, -0.25) is 0 Å². The monoisotopic (exact) mass is 289 g/mol. The van der Waals surface area contributed by atoms with Gasteiger partial charge in [-0.2, -0.15) is 13.2 Å². The third-order valence-corrected chi connectivity index (χ3v) is 3.94. The maximum atomic E-state index is 12.7. The van der Waals surface area contributed by atoms with Gasteiger partial charge in [0.2, 0.25) is 5.82 Å². The lowest BCUT2D eigenvalue weighted by atomic mass is 9.67. The van der Waals surface area contributed by atoms with Gasteiger partial charge in [-0.15, -0.1) is 0 Å². The average Bonchev–Trinajstić information content (AvgIpc) is 2.36. The van der Waals surface area contributed by atoms with Gasteiger partial charge in [0.05, 0.1) is 0 Å². The van der Waals surface area contributed by atoms with Gasteiger partial charge in [-0.1, -0.05) is 13.3 Å². The number of hydrogen-bond acceptors (Lipinski definition) is 5. The first kappa shape index (κ1) is 14.8. The Morgan fingerprint density at radius 1 is 1.30 bits per heavy atom. The predicted octanol–water partition coefficient (Wildman–Crippen LogP) is 2.77. The summed E-state index contributed by atoms with van der Waals surface area (Å²) in [5.74, 6) is 4.02. The molecule has 112 valence electrons. The minimum atomic E-state index is -4.60. The average molecular weight is 289 g/mol. The number of halogens is 3. The third kappa shape index (κ3) is 3.12. The first-order chi connectivity index (χ1) is 9.38. The Bertz CT molecular complexity index is 465. The van der Waals surface area contributed by atoms with Crippen molar-refractivity contribution >= 4 is 11.6 Å². The molecule has 1 heterocycles. The van der Waals surface area contributed by atoms with E-state index in [-0.39, 0.29) is 17.1 Å². The second-order valence-corrected chi connectivity index (χ2v) is 5.16. The van der Waals surface area contributed by atoms with E-state index in [0.717, 1.165) is 19.3 Å². The smallest absolute Gasteiger partial charge is 0.369 e. The zero-order valence-electron chi connectivity index (χ0n) is 11.2. The molecule has 0 amide bonds. The van der Waals surface area contributed by atoms with Crippen LogP contribution in [0.15, 0.2) is 6.07 Å². The highest BCUT2D eigenvalue weighted by Crippen LogP contribution is 2.43.